The van der Waals surface area contributed by atoms with Crippen molar-refractivity contribution in [2.24, 2.45) is 23.2 Å². The summed E-state index contributed by atoms with van der Waals surface area (Å²) in [5, 5.41) is 21.2. The van der Waals surface area contributed by atoms with Gasteiger partial charge in [0.2, 0.25) is 5.91 Å². The second-order valence-electron chi connectivity index (χ2n) is 15.7. The number of aromatic hydroxyl groups is 1. The van der Waals surface area contributed by atoms with E-state index in [1.807, 2.05) is 12.1 Å². The van der Waals surface area contributed by atoms with Gasteiger partial charge < -0.3 is 15.1 Å². The molecule has 1 aromatic carbocycles. The van der Waals surface area contributed by atoms with E-state index >= 15 is 4.39 Å². The fourth-order valence-corrected chi connectivity index (χ4v) is 9.75. The van der Waals surface area contributed by atoms with Gasteiger partial charge in [0.25, 0.3) is 0 Å². The second kappa shape index (κ2) is 18.8. The highest BCUT2D eigenvalue weighted by Gasteiger charge is 2.59. The van der Waals surface area contributed by atoms with Gasteiger partial charge in [-0.3, -0.25) is 4.79 Å². The molecule has 2 saturated carbocycles. The number of halogens is 1. The minimum atomic E-state index is -0.955. The van der Waals surface area contributed by atoms with Crippen LogP contribution in [0, 0.1) is 23.2 Å². The van der Waals surface area contributed by atoms with Gasteiger partial charge in [0, 0.05) is 25.4 Å². The van der Waals surface area contributed by atoms with Crippen LogP contribution in [0.15, 0.2) is 18.2 Å². The molecule has 7 atom stereocenters. The molecule has 2 N–H and O–H groups in total. The fourth-order valence-electron chi connectivity index (χ4n) is 9.75. The van der Waals surface area contributed by atoms with Gasteiger partial charge in [0.05, 0.1) is 6.10 Å². The Morgan fingerprint density at radius 2 is 1.48 bits per heavy atom. The van der Waals surface area contributed by atoms with Crippen molar-refractivity contribution in [1.29, 1.82) is 0 Å². The smallest absolute Gasteiger partial charge is 0.222 e. The normalized spacial score (nSPS) is 28.5. The van der Waals surface area contributed by atoms with E-state index in [1.165, 1.54) is 70.6 Å². The van der Waals surface area contributed by atoms with Crippen molar-refractivity contribution in [2.75, 3.05) is 13.1 Å². The number of carbonyl (C=O) groups excluding carboxylic acids is 1. The Kier molecular flexibility index (Phi) is 15.2. The summed E-state index contributed by atoms with van der Waals surface area (Å²) in [5.41, 5.74) is 1.89. The van der Waals surface area contributed by atoms with E-state index in [9.17, 15) is 15.0 Å². The Hall–Kier alpha value is -1.62. The first-order valence-electron chi connectivity index (χ1n) is 19.7. The molecule has 1 amide bonds. The number of alkyl halides is 1. The van der Waals surface area contributed by atoms with E-state index in [2.05, 4.69) is 25.7 Å². The number of carbonyl (C=O) groups is 1. The van der Waals surface area contributed by atoms with Crippen LogP contribution in [0.25, 0.3) is 0 Å². The van der Waals surface area contributed by atoms with Crippen LogP contribution >= 0.6 is 0 Å². The van der Waals surface area contributed by atoms with Gasteiger partial charge in [-0.1, -0.05) is 110 Å². The van der Waals surface area contributed by atoms with Crippen molar-refractivity contribution >= 4 is 5.91 Å². The van der Waals surface area contributed by atoms with Gasteiger partial charge in [-0.25, -0.2) is 4.39 Å². The maximum absolute atomic E-state index is 16.1. The zero-order valence-corrected chi connectivity index (χ0v) is 29.8. The second-order valence-corrected chi connectivity index (χ2v) is 15.7. The van der Waals surface area contributed by atoms with Crippen molar-refractivity contribution in [3.8, 4) is 5.75 Å². The molecule has 4 rings (SSSR count). The average Bonchev–Trinajstić information content (AvgIpc) is 3.33. The van der Waals surface area contributed by atoms with Gasteiger partial charge in [0.15, 0.2) is 0 Å². The molecule has 0 radical (unpaired) electrons. The van der Waals surface area contributed by atoms with Crippen LogP contribution in [0.1, 0.15) is 173 Å². The van der Waals surface area contributed by atoms with Crippen molar-refractivity contribution in [3.63, 3.8) is 0 Å². The number of phenolic OH excluding ortho intramolecular Hbond substituents is 1. The van der Waals surface area contributed by atoms with E-state index < -0.39 is 12.3 Å². The molecule has 3 aliphatic rings. The number of aliphatic hydroxyl groups is 1. The number of hydrogen-bond acceptors (Lipinski definition) is 3. The molecular formula is C41H68FNO3. The number of fused-ring (bicyclic) bond motifs is 5. The molecule has 0 spiro atoms. The van der Waals surface area contributed by atoms with Gasteiger partial charge >= 0.3 is 0 Å². The molecule has 0 bridgehead atoms. The highest BCUT2D eigenvalue weighted by Crippen LogP contribution is 2.63. The average molecular weight is 642 g/mol. The van der Waals surface area contributed by atoms with Crippen molar-refractivity contribution in [2.45, 2.75) is 180 Å². The van der Waals surface area contributed by atoms with Crippen LogP contribution in [0.4, 0.5) is 4.39 Å². The van der Waals surface area contributed by atoms with Gasteiger partial charge in [-0.05, 0) is 97.8 Å². The number of benzene rings is 1. The summed E-state index contributed by atoms with van der Waals surface area (Å²) in [6, 6.07) is 5.57. The van der Waals surface area contributed by atoms with Crippen LogP contribution in [-0.2, 0) is 11.2 Å². The lowest BCUT2D eigenvalue weighted by Crippen LogP contribution is -2.51. The molecule has 46 heavy (non-hydrogen) atoms. The maximum atomic E-state index is 16.1. The van der Waals surface area contributed by atoms with Crippen LogP contribution in [-0.4, -0.2) is 46.4 Å². The van der Waals surface area contributed by atoms with E-state index in [4.69, 9.17) is 0 Å². The Labute approximate surface area is 281 Å². The van der Waals surface area contributed by atoms with Crippen molar-refractivity contribution in [3.05, 3.63) is 29.3 Å². The SMILES string of the molecule is CCCCCCCCCCCC(=O)N(CCCCCC)CCCCC[C@@H]1Cc2cc(O)ccc2C2C1C1CC[C@H](O)[C@@]1(C)C[C@@H]2F. The number of nitrogens with zero attached hydrogens (tertiary/aromatic N) is 1. The van der Waals surface area contributed by atoms with Gasteiger partial charge in [-0.15, -0.1) is 0 Å². The van der Waals surface area contributed by atoms with Crippen LogP contribution in [0.2, 0.25) is 0 Å². The highest BCUT2D eigenvalue weighted by atomic mass is 19.1. The molecule has 0 heterocycles. The Morgan fingerprint density at radius 3 is 2.15 bits per heavy atom. The predicted molar refractivity (Wildman–Crippen MR) is 189 cm³/mol. The first-order valence-corrected chi connectivity index (χ1v) is 19.7. The lowest BCUT2D eigenvalue weighted by molar-refractivity contribution is -0.131. The first kappa shape index (κ1) is 37.2. The van der Waals surface area contributed by atoms with Crippen LogP contribution in [0.5, 0.6) is 5.75 Å². The molecule has 5 heteroatoms. The summed E-state index contributed by atoms with van der Waals surface area (Å²) in [6.07, 6.45) is 22.9. The molecule has 0 aromatic heterocycles. The van der Waals surface area contributed by atoms with Crippen LogP contribution < -0.4 is 0 Å². The summed E-state index contributed by atoms with van der Waals surface area (Å²) < 4.78 is 16.1. The highest BCUT2D eigenvalue weighted by molar-refractivity contribution is 5.76. The summed E-state index contributed by atoms with van der Waals surface area (Å²) >= 11 is 0. The molecule has 4 nitrogen and oxygen atoms in total. The third-order valence-corrected chi connectivity index (χ3v) is 12.4. The predicted octanol–water partition coefficient (Wildman–Crippen LogP) is 10.7. The molecule has 3 unspecified atom stereocenters. The number of hydrogen-bond donors (Lipinski definition) is 2. The topological polar surface area (TPSA) is 60.8 Å². The molecular weight excluding hydrogens is 573 g/mol. The monoisotopic (exact) mass is 642 g/mol. The zero-order valence-electron chi connectivity index (χ0n) is 29.8. The maximum Gasteiger partial charge on any atom is 0.222 e. The largest absolute Gasteiger partial charge is 0.508 e. The quantitative estimate of drug-likeness (QED) is 0.131. The first-order chi connectivity index (χ1) is 22.3. The summed E-state index contributed by atoms with van der Waals surface area (Å²) in [4.78, 5) is 15.4. The molecule has 2 fully saturated rings. The third-order valence-electron chi connectivity index (χ3n) is 12.4. The lowest BCUT2D eigenvalue weighted by Gasteiger charge is -2.54. The fraction of sp³-hybridized carbons (Fsp3) is 0.829. The number of unbranched alkanes of at least 4 members (excludes halogenated alkanes) is 13. The Morgan fingerprint density at radius 1 is 0.870 bits per heavy atom. The van der Waals surface area contributed by atoms with E-state index in [-0.39, 0.29) is 23.0 Å². The summed E-state index contributed by atoms with van der Waals surface area (Å²) in [5.74, 6) is 1.45. The van der Waals surface area contributed by atoms with E-state index in [0.29, 0.717) is 30.6 Å². The molecule has 262 valence electrons. The molecule has 3 aliphatic carbocycles. The Bertz CT molecular complexity index is 1050. The minimum absolute atomic E-state index is 0.130. The lowest BCUT2D eigenvalue weighted by atomic mass is 9.51. The van der Waals surface area contributed by atoms with Gasteiger partial charge in [0.1, 0.15) is 11.9 Å². The van der Waals surface area contributed by atoms with E-state index in [1.54, 1.807) is 6.07 Å². The molecule has 1 aromatic rings. The molecule has 0 saturated heterocycles. The van der Waals surface area contributed by atoms with E-state index in [0.717, 1.165) is 82.0 Å². The summed E-state index contributed by atoms with van der Waals surface area (Å²) in [6.45, 7) is 8.39. The van der Waals surface area contributed by atoms with Crippen molar-refractivity contribution < 1.29 is 19.4 Å². The number of aliphatic hydroxyl groups excluding tert-OH is 1. The summed E-state index contributed by atoms with van der Waals surface area (Å²) in [7, 11) is 0. The zero-order chi connectivity index (χ0) is 32.9. The van der Waals surface area contributed by atoms with Gasteiger partial charge in [-0.2, -0.15) is 0 Å². The Balaban J connectivity index is 1.27. The number of amides is 1. The number of rotatable bonds is 21. The molecule has 0 aliphatic heterocycles. The van der Waals surface area contributed by atoms with Crippen molar-refractivity contribution in [1.82, 2.24) is 4.90 Å². The minimum Gasteiger partial charge on any atom is -0.508 e. The standard InChI is InChI=1S/C41H68FNO3/c1-4-6-8-10-11-12-13-14-17-21-38(46)43(26-18-9-7-5-2)27-19-15-16-20-31-28-32-29-33(44)22-23-34(32)40-36(42)30-41(3)35(39(31)40)24-25-37(41)45/h22-23,29,31,35-37,39-40,44-45H,4-21,24-28,30H2,1-3H3/t31-,35?,36+,37+,39?,40?,41+/m1/s1. The number of phenols is 1. The third kappa shape index (κ3) is 9.73. The van der Waals surface area contributed by atoms with Crippen LogP contribution in [0.3, 0.4) is 0 Å².